The Labute approximate surface area is 358 Å². The van der Waals surface area contributed by atoms with Crippen molar-refractivity contribution in [3.63, 3.8) is 0 Å². The van der Waals surface area contributed by atoms with Crippen LogP contribution in [0.15, 0.2) is 142 Å². The van der Waals surface area contributed by atoms with Crippen LogP contribution in [0.25, 0.3) is 85.4 Å². The minimum Gasteiger partial charge on any atom is -0.478 e. The Bertz CT molecular complexity index is 3640. The van der Waals surface area contributed by atoms with Gasteiger partial charge in [-0.05, 0) is 132 Å². The van der Waals surface area contributed by atoms with E-state index < -0.39 is 51.0 Å². The molecule has 0 amide bonds. The van der Waals surface area contributed by atoms with Gasteiger partial charge in [0.2, 0.25) is 0 Å². The Morgan fingerprint density at radius 2 is 0.921 bits per heavy atom. The second kappa shape index (κ2) is 15.2. The lowest BCUT2D eigenvalue weighted by atomic mass is 9.92. The van der Waals surface area contributed by atoms with Crippen LogP contribution in [0.2, 0.25) is 0 Å². The predicted octanol–water partition coefficient (Wildman–Crippen LogP) is 8.56. The van der Waals surface area contributed by atoms with Gasteiger partial charge in [0.05, 0.1) is 54.1 Å². The first-order chi connectivity index (χ1) is 29.9. The Morgan fingerprint density at radius 3 is 1.43 bits per heavy atom. The molecule has 2 aliphatic heterocycles. The third-order valence-electron chi connectivity index (χ3n) is 10.4. The third kappa shape index (κ3) is 8.01. The van der Waals surface area contributed by atoms with Crippen molar-refractivity contribution < 1.29 is 48.8 Å². The van der Waals surface area contributed by atoms with Crippen molar-refractivity contribution in [1.82, 2.24) is 19.5 Å². The summed E-state index contributed by atoms with van der Waals surface area (Å²) >= 11 is 0. The zero-order valence-electron chi connectivity index (χ0n) is 32.1. The number of carbonyl (C=O) groups is 1. The van der Waals surface area contributed by atoms with Crippen LogP contribution in [0.1, 0.15) is 33.1 Å². The number of aromatic carboxylic acids is 1. The maximum Gasteiger partial charge on any atom is 0.335 e. The zero-order valence-corrected chi connectivity index (χ0v) is 34.6. The van der Waals surface area contributed by atoms with E-state index in [9.17, 15) is 48.8 Å². The number of aromatic amines is 1. The highest BCUT2D eigenvalue weighted by Gasteiger charge is 2.27. The fraction of sp³-hybridized carbons (Fsp3) is 0. The Hall–Kier alpha value is -7.32. The highest BCUT2D eigenvalue weighted by Crippen LogP contribution is 2.47. The van der Waals surface area contributed by atoms with E-state index in [1.165, 1.54) is 84.9 Å². The summed E-state index contributed by atoms with van der Waals surface area (Å²) in [6.45, 7) is 0. The molecular weight excluding hydrogens is 869 g/mol. The number of nitrogens with one attached hydrogen (secondary N) is 1. The van der Waals surface area contributed by atoms with Crippen molar-refractivity contribution in [3.8, 4) is 39.1 Å². The summed E-state index contributed by atoms with van der Waals surface area (Å²) in [5, 5.41) is 9.87. The highest BCUT2D eigenvalue weighted by molar-refractivity contribution is 7.86. The number of aromatic nitrogens is 4. The lowest BCUT2D eigenvalue weighted by Gasteiger charge is -2.14. The predicted molar refractivity (Wildman–Crippen MR) is 237 cm³/mol. The summed E-state index contributed by atoms with van der Waals surface area (Å²) in [5.74, 6) is -1.18. The maximum absolute atomic E-state index is 12.3. The first-order valence-electron chi connectivity index (χ1n) is 18.7. The number of nitrogens with zero attached hydrogens (tertiary/aromatic N) is 3. The number of carboxylic acid groups (broad SMARTS) is 1. The lowest BCUT2D eigenvalue weighted by molar-refractivity contribution is 0.0696. The molecular formula is C45H30N4O11S3. The second-order valence-electron chi connectivity index (χ2n) is 14.4. The number of hydrogen-bond donors (Lipinski definition) is 5. The molecule has 0 saturated heterocycles. The number of carboxylic acids is 1. The first-order valence-corrected chi connectivity index (χ1v) is 23.0. The van der Waals surface area contributed by atoms with Crippen LogP contribution in [-0.2, 0) is 30.4 Å². The number of hydrogen-bond acceptors (Lipinski definition) is 9. The van der Waals surface area contributed by atoms with Gasteiger partial charge in [0.15, 0.2) is 0 Å². The average molecular weight is 899 g/mol. The normalized spacial score (nSPS) is 12.7. The largest absolute Gasteiger partial charge is 0.478 e. The van der Waals surface area contributed by atoms with Crippen LogP contribution in [-0.4, -0.2) is 69.5 Å². The molecule has 0 radical (unpaired) electrons. The van der Waals surface area contributed by atoms with Crippen molar-refractivity contribution in [2.75, 3.05) is 0 Å². The molecule has 9 rings (SSSR count). The molecule has 0 spiro atoms. The van der Waals surface area contributed by atoms with Gasteiger partial charge in [0.1, 0.15) is 0 Å². The van der Waals surface area contributed by atoms with E-state index in [1.54, 1.807) is 47.1 Å². The van der Waals surface area contributed by atoms with Crippen LogP contribution >= 0.6 is 0 Å². The molecule has 314 valence electrons. The number of H-pyrrole nitrogens is 1. The molecule has 0 saturated carbocycles. The smallest absolute Gasteiger partial charge is 0.335 e. The zero-order chi connectivity index (χ0) is 44.4. The van der Waals surface area contributed by atoms with Crippen LogP contribution < -0.4 is 0 Å². The van der Waals surface area contributed by atoms with Gasteiger partial charge in [-0.3, -0.25) is 13.7 Å². The van der Waals surface area contributed by atoms with Gasteiger partial charge in [0, 0.05) is 33.4 Å². The van der Waals surface area contributed by atoms with Gasteiger partial charge in [0.25, 0.3) is 30.4 Å². The SMILES string of the molecule is O=C(O)c1ccc(-c2c(-c3ccc(S(=O)(=O)O)cc3)c3c(-c4ccc(S(=O)(=O)O)cc4)c4nc(cc5ccc(cc6nc(cc2n3-c2ccc(S(=O)(=O)O)cc2)C=C6)[nH]5)C=C4)cc1. The Kier molecular flexibility index (Phi) is 9.93. The minimum atomic E-state index is -4.66. The highest BCUT2D eigenvalue weighted by atomic mass is 32.2. The van der Waals surface area contributed by atoms with E-state index in [1.807, 2.05) is 24.3 Å². The van der Waals surface area contributed by atoms with E-state index in [0.717, 1.165) is 5.52 Å². The van der Waals surface area contributed by atoms with Gasteiger partial charge < -0.3 is 14.7 Å². The van der Waals surface area contributed by atoms with Crippen LogP contribution in [0.5, 0.6) is 0 Å². The molecule has 3 aromatic heterocycles. The molecule has 5 heterocycles. The lowest BCUT2D eigenvalue weighted by Crippen LogP contribution is -2.01. The second-order valence-corrected chi connectivity index (χ2v) is 18.7. The maximum atomic E-state index is 12.3. The van der Waals surface area contributed by atoms with Gasteiger partial charge in [-0.2, -0.15) is 25.3 Å². The quantitative estimate of drug-likeness (QED) is 0.0898. The van der Waals surface area contributed by atoms with Crippen molar-refractivity contribution in [2.24, 2.45) is 0 Å². The van der Waals surface area contributed by atoms with E-state index in [-0.39, 0.29) is 5.56 Å². The average Bonchev–Trinajstić information content (AvgIpc) is 4.05. The molecule has 0 unspecified atom stereocenters. The molecule has 4 aromatic carbocycles. The number of rotatable bonds is 8. The number of fused-ring (bicyclic) bond motifs is 8. The number of benzene rings is 4. The summed E-state index contributed by atoms with van der Waals surface area (Å²) < 4.78 is 106. The fourth-order valence-corrected chi connectivity index (χ4v) is 8.99. The molecule has 5 N–H and O–H groups in total. The first kappa shape index (κ1) is 41.1. The molecule has 15 nitrogen and oxygen atoms in total. The van der Waals surface area contributed by atoms with Crippen molar-refractivity contribution in [2.45, 2.75) is 14.7 Å². The van der Waals surface area contributed by atoms with Crippen molar-refractivity contribution >= 4 is 82.7 Å². The van der Waals surface area contributed by atoms with Gasteiger partial charge in [-0.15, -0.1) is 0 Å². The summed E-state index contributed by atoms with van der Waals surface area (Å²) in [6.07, 6.45) is 7.09. The molecule has 0 fully saturated rings. The molecule has 0 atom stereocenters. The summed E-state index contributed by atoms with van der Waals surface area (Å²) in [4.78, 5) is 24.1. The van der Waals surface area contributed by atoms with Crippen molar-refractivity contribution in [3.05, 3.63) is 156 Å². The van der Waals surface area contributed by atoms with E-state index >= 15 is 0 Å². The molecule has 2 aliphatic rings. The van der Waals surface area contributed by atoms with E-state index in [2.05, 4.69) is 4.98 Å². The standard InChI is InChI=1S/C45H30N4O11S3/c50-45(51)29-3-1-27(2-4-29)42-40-25-34-12-11-31(47-34)23-30-9-10-32(46-30)24-33-13-22-39(48-33)41(26-5-16-36(17-6-26)61(52,53)54)44(43(42)28-7-18-37(19-8-28)62(55,56)57)49(40)35-14-20-38(21-15-35)63(58,59)60/h1-25,46H,(H,50,51)(H,52,53,54)(H,55,56,57)(H,58,59,60). The monoisotopic (exact) mass is 898 g/mol. The fourth-order valence-electron chi connectivity index (χ4n) is 7.55. The molecule has 18 heteroatoms. The summed E-state index contributed by atoms with van der Waals surface area (Å²) in [5.41, 5.74) is 6.81. The van der Waals surface area contributed by atoms with E-state index in [4.69, 9.17) is 9.97 Å². The van der Waals surface area contributed by atoms with Crippen LogP contribution in [0.4, 0.5) is 0 Å². The Morgan fingerprint density at radius 1 is 0.492 bits per heavy atom. The Balaban J connectivity index is 1.59. The molecule has 8 bridgehead atoms. The van der Waals surface area contributed by atoms with Crippen LogP contribution in [0, 0.1) is 0 Å². The van der Waals surface area contributed by atoms with E-state index in [0.29, 0.717) is 78.4 Å². The topological polar surface area (TPSA) is 247 Å². The van der Waals surface area contributed by atoms with Gasteiger partial charge >= 0.3 is 5.97 Å². The molecule has 0 aliphatic carbocycles. The van der Waals surface area contributed by atoms with Crippen molar-refractivity contribution in [1.29, 1.82) is 0 Å². The van der Waals surface area contributed by atoms with Gasteiger partial charge in [-0.1, -0.05) is 36.4 Å². The minimum absolute atomic E-state index is 0.0181. The molecule has 7 aromatic rings. The third-order valence-corrected chi connectivity index (χ3v) is 13.0. The van der Waals surface area contributed by atoms with Crippen LogP contribution in [0.3, 0.4) is 0 Å². The summed E-state index contributed by atoms with van der Waals surface area (Å²) in [7, 11) is -14.0. The summed E-state index contributed by atoms with van der Waals surface area (Å²) in [6, 6.07) is 31.3. The molecule has 63 heavy (non-hydrogen) atoms. The van der Waals surface area contributed by atoms with Gasteiger partial charge in [-0.25, -0.2) is 14.8 Å².